The molecule has 7 rings (SSSR count). The van der Waals surface area contributed by atoms with Crippen LogP contribution >= 0.6 is 0 Å². The maximum Gasteiger partial charge on any atom is 0.231 e. The van der Waals surface area contributed by atoms with Gasteiger partial charge in [0.2, 0.25) is 12.7 Å². The van der Waals surface area contributed by atoms with E-state index < -0.39 is 0 Å². The smallest absolute Gasteiger partial charge is 0.231 e. The van der Waals surface area contributed by atoms with Crippen molar-refractivity contribution in [3.8, 4) is 11.5 Å². The Kier molecular flexibility index (Phi) is 6.13. The van der Waals surface area contributed by atoms with Crippen LogP contribution in [0.25, 0.3) is 0 Å². The number of benzene rings is 2. The first-order valence-electron chi connectivity index (χ1n) is 14.3. The van der Waals surface area contributed by atoms with Gasteiger partial charge < -0.3 is 24.4 Å². The lowest BCUT2D eigenvalue weighted by Crippen LogP contribution is -2.56. The Morgan fingerprint density at radius 3 is 2.73 bits per heavy atom. The summed E-state index contributed by atoms with van der Waals surface area (Å²) in [5.74, 6) is 2.92. The van der Waals surface area contributed by atoms with Crippen LogP contribution in [0.2, 0.25) is 0 Å². The number of amides is 1. The van der Waals surface area contributed by atoms with E-state index in [0.717, 1.165) is 43.0 Å². The summed E-state index contributed by atoms with van der Waals surface area (Å²) < 4.78 is 17.7. The van der Waals surface area contributed by atoms with Crippen LogP contribution in [0, 0.1) is 11.8 Å². The standard InChI is InChI=1S/C31H38N2O4/c34-30(26-16-32-18-31(26)19-35-17-24-25(31)11-12-28-29(24)37-20-36-28)33-14-13-23(21-7-3-1-4-8-21)15-27(33)22-9-5-2-6-10-22/h1,3-4,7-8,11-12,22-23,26-27,32H,2,5-6,9-10,13-20H2/t23-,26+,27+,31-/m1/s1. The van der Waals surface area contributed by atoms with Gasteiger partial charge in [-0.05, 0) is 54.7 Å². The molecule has 0 aromatic heterocycles. The number of carbonyl (C=O) groups excluding carboxylic acids is 1. The first-order chi connectivity index (χ1) is 18.2. The van der Waals surface area contributed by atoms with Crippen molar-refractivity contribution in [2.75, 3.05) is 33.0 Å². The summed E-state index contributed by atoms with van der Waals surface area (Å²) in [7, 11) is 0. The van der Waals surface area contributed by atoms with Crippen LogP contribution in [0.3, 0.4) is 0 Å². The van der Waals surface area contributed by atoms with Crippen LogP contribution in [-0.2, 0) is 21.6 Å². The summed E-state index contributed by atoms with van der Waals surface area (Å²) in [6.07, 6.45) is 8.54. The van der Waals surface area contributed by atoms with Gasteiger partial charge in [0.15, 0.2) is 11.5 Å². The Morgan fingerprint density at radius 2 is 1.86 bits per heavy atom. The molecule has 1 N–H and O–H groups in total. The number of nitrogens with one attached hydrogen (secondary N) is 1. The van der Waals surface area contributed by atoms with Gasteiger partial charge in [0, 0.05) is 36.7 Å². The summed E-state index contributed by atoms with van der Waals surface area (Å²) in [6.45, 7) is 3.63. The van der Waals surface area contributed by atoms with Gasteiger partial charge in [0.25, 0.3) is 0 Å². The average molecular weight is 503 g/mol. The van der Waals surface area contributed by atoms with Crippen LogP contribution in [0.1, 0.15) is 67.6 Å². The zero-order chi connectivity index (χ0) is 24.8. The van der Waals surface area contributed by atoms with E-state index in [-0.39, 0.29) is 18.1 Å². The highest BCUT2D eigenvalue weighted by Crippen LogP contribution is 2.49. The van der Waals surface area contributed by atoms with E-state index in [4.69, 9.17) is 14.2 Å². The number of likely N-dealkylation sites (tertiary alicyclic amines) is 1. The summed E-state index contributed by atoms with van der Waals surface area (Å²) >= 11 is 0. The zero-order valence-corrected chi connectivity index (χ0v) is 21.6. The minimum Gasteiger partial charge on any atom is -0.454 e. The van der Waals surface area contributed by atoms with Crippen molar-refractivity contribution in [3.63, 3.8) is 0 Å². The lowest BCUT2D eigenvalue weighted by molar-refractivity contribution is -0.144. The van der Waals surface area contributed by atoms with Crippen molar-refractivity contribution in [2.24, 2.45) is 11.8 Å². The highest BCUT2D eigenvalue weighted by molar-refractivity contribution is 5.82. The van der Waals surface area contributed by atoms with E-state index in [1.165, 1.54) is 43.2 Å². The SMILES string of the molecule is O=C([C@@H]1CNC[C@]12COCc1c2ccc2c1OCO2)N1CC[C@@H](c2ccccc2)C[C@H]1C1CCCCC1. The van der Waals surface area contributed by atoms with Gasteiger partial charge >= 0.3 is 0 Å². The topological polar surface area (TPSA) is 60.0 Å². The minimum atomic E-state index is -0.362. The molecule has 196 valence electrons. The van der Waals surface area contributed by atoms with Gasteiger partial charge in [0.1, 0.15) is 0 Å². The number of piperidine rings is 1. The Labute approximate surface area is 219 Å². The van der Waals surface area contributed by atoms with E-state index in [1.54, 1.807) is 0 Å². The molecular formula is C31H38N2O4. The third-order valence-electron chi connectivity index (χ3n) is 9.93. The molecule has 5 aliphatic rings. The fraction of sp³-hybridized carbons (Fsp3) is 0.581. The van der Waals surface area contributed by atoms with E-state index in [1.807, 2.05) is 6.07 Å². The fourth-order valence-electron chi connectivity index (χ4n) is 8.03. The molecule has 1 aliphatic carbocycles. The molecule has 4 atom stereocenters. The molecular weight excluding hydrogens is 464 g/mol. The summed E-state index contributed by atoms with van der Waals surface area (Å²) in [5.41, 5.74) is 3.34. The van der Waals surface area contributed by atoms with Crippen molar-refractivity contribution in [1.82, 2.24) is 10.2 Å². The first-order valence-corrected chi connectivity index (χ1v) is 14.3. The lowest BCUT2D eigenvalue weighted by atomic mass is 9.68. The summed E-state index contributed by atoms with van der Waals surface area (Å²) in [4.78, 5) is 16.9. The predicted molar refractivity (Wildman–Crippen MR) is 141 cm³/mol. The highest BCUT2D eigenvalue weighted by Gasteiger charge is 2.54. The molecule has 0 radical (unpaired) electrons. The highest BCUT2D eigenvalue weighted by atomic mass is 16.7. The Bertz CT molecular complexity index is 1150. The van der Waals surface area contributed by atoms with Crippen LogP contribution in [-0.4, -0.2) is 49.9 Å². The molecule has 1 saturated carbocycles. The molecule has 4 aliphatic heterocycles. The molecule has 6 nitrogen and oxygen atoms in total. The van der Waals surface area contributed by atoms with E-state index >= 15 is 0 Å². The number of nitrogens with zero attached hydrogens (tertiary/aromatic N) is 1. The lowest BCUT2D eigenvalue weighted by Gasteiger charge is -2.48. The molecule has 4 heterocycles. The molecule has 2 aromatic rings. The molecule has 6 heteroatoms. The molecule has 1 spiro atoms. The van der Waals surface area contributed by atoms with E-state index in [2.05, 4.69) is 46.6 Å². The first kappa shape index (κ1) is 23.5. The number of hydrogen-bond donors (Lipinski definition) is 1. The third-order valence-corrected chi connectivity index (χ3v) is 9.93. The molecule has 3 fully saturated rings. The van der Waals surface area contributed by atoms with Crippen molar-refractivity contribution >= 4 is 5.91 Å². The predicted octanol–water partition coefficient (Wildman–Crippen LogP) is 4.76. The molecule has 0 bridgehead atoms. The van der Waals surface area contributed by atoms with Gasteiger partial charge in [-0.3, -0.25) is 4.79 Å². The van der Waals surface area contributed by atoms with Gasteiger partial charge in [0.05, 0.1) is 19.1 Å². The number of hydrogen-bond acceptors (Lipinski definition) is 5. The zero-order valence-electron chi connectivity index (χ0n) is 21.6. The third kappa shape index (κ3) is 3.95. The second kappa shape index (κ2) is 9.63. The normalized spacial score (nSPS) is 31.5. The minimum absolute atomic E-state index is 0.133. The monoisotopic (exact) mass is 502 g/mol. The summed E-state index contributed by atoms with van der Waals surface area (Å²) in [6, 6.07) is 15.5. The van der Waals surface area contributed by atoms with Crippen LogP contribution in [0.4, 0.5) is 0 Å². The molecule has 2 aromatic carbocycles. The number of rotatable bonds is 3. The number of fused-ring (bicyclic) bond motifs is 4. The average Bonchev–Trinajstić information content (AvgIpc) is 3.62. The Morgan fingerprint density at radius 1 is 1.00 bits per heavy atom. The van der Waals surface area contributed by atoms with Gasteiger partial charge in [-0.1, -0.05) is 55.7 Å². The van der Waals surface area contributed by atoms with Crippen molar-refractivity contribution < 1.29 is 19.0 Å². The molecule has 2 saturated heterocycles. The Balaban J connectivity index is 1.20. The molecule has 0 unspecified atom stereocenters. The second-order valence-electron chi connectivity index (χ2n) is 11.8. The maximum absolute atomic E-state index is 14.6. The summed E-state index contributed by atoms with van der Waals surface area (Å²) in [5, 5.41) is 3.59. The number of carbonyl (C=O) groups is 1. The van der Waals surface area contributed by atoms with Crippen molar-refractivity contribution in [3.05, 3.63) is 59.2 Å². The Hall–Kier alpha value is -2.57. The number of ether oxygens (including phenoxy) is 3. The molecule has 37 heavy (non-hydrogen) atoms. The van der Waals surface area contributed by atoms with Crippen LogP contribution < -0.4 is 14.8 Å². The fourth-order valence-corrected chi connectivity index (χ4v) is 8.03. The molecule has 1 amide bonds. The largest absolute Gasteiger partial charge is 0.454 e. The van der Waals surface area contributed by atoms with E-state index in [9.17, 15) is 4.79 Å². The van der Waals surface area contributed by atoms with Gasteiger partial charge in [-0.25, -0.2) is 0 Å². The van der Waals surface area contributed by atoms with Crippen LogP contribution in [0.5, 0.6) is 11.5 Å². The second-order valence-corrected chi connectivity index (χ2v) is 11.8. The van der Waals surface area contributed by atoms with Crippen LogP contribution in [0.15, 0.2) is 42.5 Å². The van der Waals surface area contributed by atoms with Gasteiger partial charge in [-0.2, -0.15) is 0 Å². The van der Waals surface area contributed by atoms with E-state index in [0.29, 0.717) is 43.5 Å². The van der Waals surface area contributed by atoms with Crippen molar-refractivity contribution in [2.45, 2.75) is 68.9 Å². The van der Waals surface area contributed by atoms with Crippen molar-refractivity contribution in [1.29, 1.82) is 0 Å². The maximum atomic E-state index is 14.6. The quantitative estimate of drug-likeness (QED) is 0.656. The van der Waals surface area contributed by atoms with Gasteiger partial charge in [-0.15, -0.1) is 0 Å².